The highest BCUT2D eigenvalue weighted by Crippen LogP contribution is 2.21. The van der Waals surface area contributed by atoms with E-state index in [2.05, 4.69) is 36.3 Å². The molecule has 0 amide bonds. The number of halogens is 1. The number of rotatable bonds is 7. The second-order valence-corrected chi connectivity index (χ2v) is 5.32. The van der Waals surface area contributed by atoms with Gasteiger partial charge in [0, 0.05) is 13.1 Å². The van der Waals surface area contributed by atoms with Gasteiger partial charge in [-0.3, -0.25) is 0 Å². The molecule has 0 aliphatic heterocycles. The lowest BCUT2D eigenvalue weighted by atomic mass is 10.0. The molecule has 2 aromatic rings. The first-order chi connectivity index (χ1) is 10.2. The molecule has 0 saturated heterocycles. The van der Waals surface area contributed by atoms with Crippen LogP contribution in [0.2, 0.25) is 5.15 Å². The van der Waals surface area contributed by atoms with Gasteiger partial charge in [0.25, 0.3) is 0 Å². The van der Waals surface area contributed by atoms with Crippen molar-refractivity contribution in [2.45, 2.75) is 32.9 Å². The second kappa shape index (κ2) is 7.48. The molecule has 0 aliphatic rings. The molecule has 1 aromatic carbocycles. The van der Waals surface area contributed by atoms with Gasteiger partial charge in [-0.1, -0.05) is 37.6 Å². The van der Waals surface area contributed by atoms with E-state index in [9.17, 15) is 0 Å². The van der Waals surface area contributed by atoms with Crippen LogP contribution >= 0.6 is 11.6 Å². The van der Waals surface area contributed by atoms with Crippen molar-refractivity contribution in [1.29, 1.82) is 0 Å². The molecule has 0 aliphatic carbocycles. The first-order valence-corrected chi connectivity index (χ1v) is 7.65. The van der Waals surface area contributed by atoms with E-state index in [1.54, 1.807) is 6.20 Å². The highest BCUT2D eigenvalue weighted by atomic mass is 35.5. The Kier molecular flexibility index (Phi) is 5.65. The van der Waals surface area contributed by atoms with Gasteiger partial charge in [0.05, 0.1) is 6.20 Å². The molecule has 5 heteroatoms. The standard InChI is InChI=1S/C16H22ClN3O/c1-4-14(18-5-2)12-6-8-13(9-7-12)21-11-16-19-10-15(17)20(16)3/h6-10,14,18H,4-5,11H2,1-3H3. The van der Waals surface area contributed by atoms with Crippen LogP contribution in [0.1, 0.15) is 37.7 Å². The number of nitrogens with zero attached hydrogens (tertiary/aromatic N) is 2. The number of hydrogen-bond donors (Lipinski definition) is 1. The molecule has 0 radical (unpaired) electrons. The van der Waals surface area contributed by atoms with E-state index in [1.807, 2.05) is 23.7 Å². The van der Waals surface area contributed by atoms with Gasteiger partial charge in [0.2, 0.25) is 0 Å². The molecule has 114 valence electrons. The van der Waals surface area contributed by atoms with Gasteiger partial charge in [0.1, 0.15) is 23.3 Å². The molecule has 0 bridgehead atoms. The number of ether oxygens (including phenoxy) is 1. The average molecular weight is 308 g/mol. The summed E-state index contributed by atoms with van der Waals surface area (Å²) >= 11 is 5.95. The van der Waals surface area contributed by atoms with E-state index < -0.39 is 0 Å². The predicted octanol–water partition coefficient (Wildman–Crippen LogP) is 3.71. The monoisotopic (exact) mass is 307 g/mol. The van der Waals surface area contributed by atoms with E-state index in [-0.39, 0.29) is 0 Å². The van der Waals surface area contributed by atoms with Gasteiger partial charge in [-0.15, -0.1) is 0 Å². The number of nitrogens with one attached hydrogen (secondary N) is 1. The molecular weight excluding hydrogens is 286 g/mol. The van der Waals surface area contributed by atoms with Crippen molar-refractivity contribution in [2.24, 2.45) is 7.05 Å². The molecule has 0 saturated carbocycles. The smallest absolute Gasteiger partial charge is 0.147 e. The maximum Gasteiger partial charge on any atom is 0.147 e. The zero-order valence-electron chi connectivity index (χ0n) is 12.8. The van der Waals surface area contributed by atoms with Crippen molar-refractivity contribution in [1.82, 2.24) is 14.9 Å². The number of imidazole rings is 1. The molecule has 4 nitrogen and oxygen atoms in total. The van der Waals surface area contributed by atoms with Crippen LogP contribution in [-0.4, -0.2) is 16.1 Å². The SMILES string of the molecule is CCNC(CC)c1ccc(OCc2ncc(Cl)n2C)cc1. The molecule has 1 heterocycles. The molecule has 1 atom stereocenters. The molecule has 1 aromatic heterocycles. The summed E-state index contributed by atoms with van der Waals surface area (Å²) in [6.45, 7) is 5.68. The molecular formula is C16H22ClN3O. The number of hydrogen-bond acceptors (Lipinski definition) is 3. The molecule has 21 heavy (non-hydrogen) atoms. The van der Waals surface area contributed by atoms with Crippen molar-refractivity contribution in [3.63, 3.8) is 0 Å². The maximum absolute atomic E-state index is 5.95. The minimum atomic E-state index is 0.400. The summed E-state index contributed by atoms with van der Waals surface area (Å²) in [6.07, 6.45) is 2.70. The van der Waals surface area contributed by atoms with Crippen molar-refractivity contribution in [2.75, 3.05) is 6.54 Å². The van der Waals surface area contributed by atoms with Gasteiger partial charge in [-0.2, -0.15) is 0 Å². The van der Waals surface area contributed by atoms with Gasteiger partial charge < -0.3 is 14.6 Å². The van der Waals surface area contributed by atoms with Gasteiger partial charge in [0.15, 0.2) is 0 Å². The van der Waals surface area contributed by atoms with Crippen LogP contribution in [-0.2, 0) is 13.7 Å². The van der Waals surface area contributed by atoms with Gasteiger partial charge >= 0.3 is 0 Å². The topological polar surface area (TPSA) is 39.1 Å². The number of benzene rings is 1. The van der Waals surface area contributed by atoms with E-state index in [0.717, 1.165) is 24.5 Å². The van der Waals surface area contributed by atoms with E-state index in [4.69, 9.17) is 16.3 Å². The lowest BCUT2D eigenvalue weighted by Crippen LogP contribution is -2.19. The summed E-state index contributed by atoms with van der Waals surface area (Å²) in [5.41, 5.74) is 1.28. The van der Waals surface area contributed by atoms with Crippen LogP contribution in [0.25, 0.3) is 0 Å². The van der Waals surface area contributed by atoms with E-state index >= 15 is 0 Å². The van der Waals surface area contributed by atoms with Crippen molar-refractivity contribution in [3.05, 3.63) is 47.0 Å². The summed E-state index contributed by atoms with van der Waals surface area (Å²) in [4.78, 5) is 4.21. The first-order valence-electron chi connectivity index (χ1n) is 7.27. The van der Waals surface area contributed by atoms with Crippen molar-refractivity contribution >= 4 is 11.6 Å². The van der Waals surface area contributed by atoms with Crippen LogP contribution in [0.15, 0.2) is 30.5 Å². The lowest BCUT2D eigenvalue weighted by molar-refractivity contribution is 0.291. The van der Waals surface area contributed by atoms with E-state index in [0.29, 0.717) is 17.8 Å². The van der Waals surface area contributed by atoms with Crippen molar-refractivity contribution in [3.8, 4) is 5.75 Å². The predicted molar refractivity (Wildman–Crippen MR) is 85.7 cm³/mol. The number of aromatic nitrogens is 2. The largest absolute Gasteiger partial charge is 0.486 e. The summed E-state index contributed by atoms with van der Waals surface area (Å²) < 4.78 is 7.57. The third-order valence-corrected chi connectivity index (χ3v) is 3.89. The van der Waals surface area contributed by atoms with Crippen LogP contribution in [0, 0.1) is 0 Å². The Hall–Kier alpha value is -1.52. The van der Waals surface area contributed by atoms with E-state index in [1.165, 1.54) is 5.56 Å². The minimum Gasteiger partial charge on any atom is -0.486 e. The first kappa shape index (κ1) is 15.9. The fourth-order valence-electron chi connectivity index (χ4n) is 2.25. The van der Waals surface area contributed by atoms with Crippen LogP contribution in [0.3, 0.4) is 0 Å². The van der Waals surface area contributed by atoms with Gasteiger partial charge in [-0.05, 0) is 30.7 Å². The summed E-state index contributed by atoms with van der Waals surface area (Å²) in [5, 5.41) is 4.08. The fourth-order valence-corrected chi connectivity index (χ4v) is 2.39. The zero-order valence-corrected chi connectivity index (χ0v) is 13.5. The molecule has 0 fully saturated rings. The quantitative estimate of drug-likeness (QED) is 0.847. The van der Waals surface area contributed by atoms with Crippen molar-refractivity contribution < 1.29 is 4.74 Å². The Labute approximate surface area is 131 Å². The Balaban J connectivity index is 1.97. The highest BCUT2D eigenvalue weighted by molar-refractivity contribution is 6.29. The van der Waals surface area contributed by atoms with Crippen LogP contribution in [0.5, 0.6) is 5.75 Å². The van der Waals surface area contributed by atoms with Gasteiger partial charge in [-0.25, -0.2) is 4.98 Å². The summed E-state index contributed by atoms with van der Waals surface area (Å²) in [6, 6.07) is 8.62. The van der Waals surface area contributed by atoms with Crippen LogP contribution < -0.4 is 10.1 Å². The Morgan fingerprint density at radius 3 is 2.52 bits per heavy atom. The maximum atomic E-state index is 5.95. The summed E-state index contributed by atoms with van der Waals surface area (Å²) in [7, 11) is 1.87. The Bertz CT molecular complexity index is 565. The zero-order chi connectivity index (χ0) is 15.2. The molecule has 1 N–H and O–H groups in total. The summed E-state index contributed by atoms with van der Waals surface area (Å²) in [5.74, 6) is 1.65. The third-order valence-electron chi connectivity index (χ3n) is 3.54. The normalized spacial score (nSPS) is 12.4. The average Bonchev–Trinajstić information content (AvgIpc) is 2.83. The Morgan fingerprint density at radius 1 is 1.29 bits per heavy atom. The molecule has 0 spiro atoms. The fraction of sp³-hybridized carbons (Fsp3) is 0.438. The van der Waals surface area contributed by atoms with Crippen LogP contribution in [0.4, 0.5) is 0 Å². The third kappa shape index (κ3) is 3.99. The highest BCUT2D eigenvalue weighted by Gasteiger charge is 2.08. The Morgan fingerprint density at radius 2 is 2.00 bits per heavy atom. The molecule has 2 rings (SSSR count). The lowest BCUT2D eigenvalue weighted by Gasteiger charge is -2.16. The minimum absolute atomic E-state index is 0.400. The second-order valence-electron chi connectivity index (χ2n) is 4.93. The molecule has 1 unspecified atom stereocenters.